The summed E-state index contributed by atoms with van der Waals surface area (Å²) in [7, 11) is 0. The van der Waals surface area contributed by atoms with Gasteiger partial charge in [-0.15, -0.1) is 0 Å². The number of carbonyl (C=O) groups is 3. The predicted octanol–water partition coefficient (Wildman–Crippen LogP) is 2.70. The average Bonchev–Trinajstić information content (AvgIpc) is 3.62. The van der Waals surface area contributed by atoms with Gasteiger partial charge in [-0.3, -0.25) is 9.88 Å². The molecule has 242 valence electrons. The van der Waals surface area contributed by atoms with Gasteiger partial charge in [0.1, 0.15) is 37.8 Å². The van der Waals surface area contributed by atoms with Crippen LogP contribution in [0.3, 0.4) is 0 Å². The number of rotatable bonds is 13. The van der Waals surface area contributed by atoms with Crippen molar-refractivity contribution in [3.8, 4) is 0 Å². The fourth-order valence-electron chi connectivity index (χ4n) is 4.65. The molecule has 2 amide bonds. The quantitative estimate of drug-likeness (QED) is 0.132. The molecule has 1 aliphatic rings. The largest absolute Gasteiger partial charge is 0.480 e. The molecule has 1 aliphatic heterocycles. The number of nitrogens with zero attached hydrogens (tertiary/aromatic N) is 4. The molecule has 2 aromatic heterocycles. The van der Waals surface area contributed by atoms with Crippen LogP contribution >= 0.6 is 11.8 Å². The van der Waals surface area contributed by atoms with E-state index in [4.69, 9.17) is 14.2 Å². The van der Waals surface area contributed by atoms with E-state index >= 15 is 0 Å². The van der Waals surface area contributed by atoms with Gasteiger partial charge in [-0.05, 0) is 23.3 Å². The van der Waals surface area contributed by atoms with Crippen molar-refractivity contribution in [2.24, 2.45) is 0 Å². The van der Waals surface area contributed by atoms with Crippen LogP contribution in [0.1, 0.15) is 23.8 Å². The SMILES string of the molecule is O=C(Nc1ncnc2c1ncn2[C@@H]1O[C@H](CSCC[C@H](NC(=O)OCc2ccccc2)C(=O)O)[C@@H](O)[C@H]1O)OCc1ccccc1. The maximum Gasteiger partial charge on any atom is 0.413 e. The Morgan fingerprint density at radius 2 is 1.57 bits per heavy atom. The molecule has 0 radical (unpaired) electrons. The van der Waals surface area contributed by atoms with Crippen molar-refractivity contribution in [2.45, 2.75) is 50.2 Å². The Morgan fingerprint density at radius 1 is 0.913 bits per heavy atom. The maximum absolute atomic E-state index is 12.4. The number of aliphatic hydroxyl groups is 2. The van der Waals surface area contributed by atoms with Crippen molar-refractivity contribution in [3.05, 3.63) is 84.4 Å². The van der Waals surface area contributed by atoms with E-state index in [-0.39, 0.29) is 42.4 Å². The summed E-state index contributed by atoms with van der Waals surface area (Å²) in [6, 6.07) is 17.0. The second-order valence-corrected chi connectivity index (χ2v) is 11.4. The predicted molar refractivity (Wildman–Crippen MR) is 165 cm³/mol. The zero-order valence-electron chi connectivity index (χ0n) is 24.3. The number of hydrogen-bond donors (Lipinski definition) is 5. The van der Waals surface area contributed by atoms with Crippen molar-refractivity contribution in [2.75, 3.05) is 16.8 Å². The van der Waals surface area contributed by atoms with Gasteiger partial charge in [0.2, 0.25) is 0 Å². The number of aromatic nitrogens is 4. The normalized spacial score (nSPS) is 19.8. The van der Waals surface area contributed by atoms with Crippen molar-refractivity contribution in [1.82, 2.24) is 24.8 Å². The highest BCUT2D eigenvalue weighted by Gasteiger charge is 2.44. The third-order valence-corrected chi connectivity index (χ3v) is 8.13. The second kappa shape index (κ2) is 15.5. The van der Waals surface area contributed by atoms with Gasteiger partial charge >= 0.3 is 18.2 Å². The van der Waals surface area contributed by atoms with Crippen LogP contribution in [0.25, 0.3) is 11.2 Å². The Morgan fingerprint density at radius 3 is 2.22 bits per heavy atom. The van der Waals surface area contributed by atoms with Gasteiger partial charge in [-0.1, -0.05) is 60.7 Å². The summed E-state index contributed by atoms with van der Waals surface area (Å²) in [5, 5.41) is 35.9. The first-order chi connectivity index (χ1) is 22.3. The fourth-order valence-corrected chi connectivity index (χ4v) is 5.72. The zero-order chi connectivity index (χ0) is 32.5. The molecule has 2 aromatic carbocycles. The maximum atomic E-state index is 12.4. The molecule has 1 fully saturated rings. The fraction of sp³-hybridized carbons (Fsp3) is 0.333. The van der Waals surface area contributed by atoms with Crippen molar-refractivity contribution in [1.29, 1.82) is 0 Å². The molecule has 0 bridgehead atoms. The van der Waals surface area contributed by atoms with Gasteiger partial charge in [-0.2, -0.15) is 11.8 Å². The highest BCUT2D eigenvalue weighted by molar-refractivity contribution is 7.99. The standard InChI is InChI=1S/C30H32N6O9S/c37-23-21(15-46-12-11-20(28(39)40)34-29(41)43-13-18-7-3-1-4-8-18)45-27(24(23)38)36-17-33-22-25(31-16-32-26(22)36)35-30(42)44-14-19-9-5-2-6-10-19/h1-10,16-17,20-21,23-24,27,37-38H,11-15H2,(H,34,41)(H,39,40)(H,31,32,35,42)/t20-,21+,23+,24+,27+/m0/s1. The number of amides is 2. The van der Waals surface area contributed by atoms with E-state index in [0.717, 1.165) is 11.1 Å². The van der Waals surface area contributed by atoms with Gasteiger partial charge in [0.15, 0.2) is 23.2 Å². The topological polar surface area (TPSA) is 207 Å². The van der Waals surface area contributed by atoms with Crippen LogP contribution in [0.15, 0.2) is 73.3 Å². The number of aliphatic carboxylic acids is 1. The van der Waals surface area contributed by atoms with Crippen LogP contribution in [0.4, 0.5) is 15.4 Å². The van der Waals surface area contributed by atoms with E-state index in [0.29, 0.717) is 5.75 Å². The molecule has 0 aliphatic carbocycles. The third kappa shape index (κ3) is 8.28. The lowest BCUT2D eigenvalue weighted by Crippen LogP contribution is -2.41. The van der Waals surface area contributed by atoms with Crippen LogP contribution in [0, 0.1) is 0 Å². The number of nitrogens with one attached hydrogen (secondary N) is 2. The van der Waals surface area contributed by atoms with Gasteiger partial charge in [0.25, 0.3) is 0 Å². The first kappa shape index (κ1) is 32.6. The van der Waals surface area contributed by atoms with E-state index in [1.807, 2.05) is 36.4 Å². The number of alkyl carbamates (subject to hydrolysis) is 1. The third-order valence-electron chi connectivity index (χ3n) is 7.04. The Labute approximate surface area is 266 Å². The lowest BCUT2D eigenvalue weighted by molar-refractivity contribution is -0.139. The smallest absolute Gasteiger partial charge is 0.413 e. The number of ether oxygens (including phenoxy) is 3. The van der Waals surface area contributed by atoms with Crippen LogP contribution in [-0.2, 0) is 32.2 Å². The molecule has 3 heterocycles. The number of carboxylic acids is 1. The average molecular weight is 653 g/mol. The minimum absolute atomic E-state index is 0.00547. The lowest BCUT2D eigenvalue weighted by atomic mass is 10.1. The number of imidazole rings is 1. The number of benzene rings is 2. The molecular formula is C30H32N6O9S. The molecule has 0 saturated carbocycles. The van der Waals surface area contributed by atoms with Gasteiger partial charge in [0.05, 0.1) is 12.4 Å². The zero-order valence-corrected chi connectivity index (χ0v) is 25.2. The summed E-state index contributed by atoms with van der Waals surface area (Å²) < 4.78 is 17.8. The summed E-state index contributed by atoms with van der Waals surface area (Å²) in [5.74, 6) is -0.592. The van der Waals surface area contributed by atoms with Gasteiger partial charge < -0.3 is 34.8 Å². The lowest BCUT2D eigenvalue weighted by Gasteiger charge is -2.17. The Bertz CT molecular complexity index is 1630. The number of aliphatic hydroxyl groups excluding tert-OH is 2. The molecule has 4 aromatic rings. The summed E-state index contributed by atoms with van der Waals surface area (Å²) >= 11 is 1.29. The van der Waals surface area contributed by atoms with Crippen molar-refractivity contribution >= 4 is 46.9 Å². The first-order valence-electron chi connectivity index (χ1n) is 14.2. The molecule has 1 saturated heterocycles. The summed E-state index contributed by atoms with van der Waals surface area (Å²) in [6.45, 7) is 0.0645. The monoisotopic (exact) mass is 652 g/mol. The van der Waals surface area contributed by atoms with Crippen LogP contribution in [0.2, 0.25) is 0 Å². The first-order valence-corrected chi connectivity index (χ1v) is 15.4. The summed E-state index contributed by atoms with van der Waals surface area (Å²) in [4.78, 5) is 48.8. The van der Waals surface area contributed by atoms with Crippen LogP contribution < -0.4 is 10.6 Å². The number of carbonyl (C=O) groups excluding carboxylic acids is 2. The van der Waals surface area contributed by atoms with Gasteiger partial charge in [-0.25, -0.2) is 29.3 Å². The highest BCUT2D eigenvalue weighted by atomic mass is 32.2. The number of hydrogen-bond acceptors (Lipinski definition) is 12. The van der Waals surface area contributed by atoms with E-state index in [2.05, 4.69) is 25.6 Å². The molecule has 46 heavy (non-hydrogen) atoms. The van der Waals surface area contributed by atoms with Gasteiger partial charge in [0, 0.05) is 5.75 Å². The molecule has 0 spiro atoms. The molecule has 5 N–H and O–H groups in total. The molecular weight excluding hydrogens is 620 g/mol. The molecule has 5 atom stereocenters. The Hall–Kier alpha value is -4.77. The second-order valence-electron chi connectivity index (χ2n) is 10.2. The number of thioether (sulfide) groups is 1. The minimum atomic E-state index is -1.34. The molecule has 15 nitrogen and oxygen atoms in total. The van der Waals surface area contributed by atoms with Crippen LogP contribution in [0.5, 0.6) is 0 Å². The Kier molecular flexibility index (Phi) is 11.0. The molecule has 16 heteroatoms. The molecule has 5 rings (SSSR count). The Balaban J connectivity index is 1.12. The van der Waals surface area contributed by atoms with Crippen molar-refractivity contribution < 1.29 is 43.9 Å². The summed E-state index contributed by atoms with van der Waals surface area (Å²) in [5.41, 5.74) is 2.04. The van der Waals surface area contributed by atoms with E-state index in [1.165, 1.54) is 29.0 Å². The summed E-state index contributed by atoms with van der Waals surface area (Å²) in [6.07, 6.45) is -3.39. The van der Waals surface area contributed by atoms with Crippen molar-refractivity contribution in [3.63, 3.8) is 0 Å². The van der Waals surface area contributed by atoms with Crippen LogP contribution in [-0.4, -0.2) is 88.9 Å². The minimum Gasteiger partial charge on any atom is -0.480 e. The number of carboxylic acid groups (broad SMARTS) is 1. The van der Waals surface area contributed by atoms with E-state index < -0.39 is 48.7 Å². The number of anilines is 1. The molecule has 0 unspecified atom stereocenters. The van der Waals surface area contributed by atoms with E-state index in [9.17, 15) is 29.7 Å². The number of fused-ring (bicyclic) bond motifs is 1. The van der Waals surface area contributed by atoms with E-state index in [1.54, 1.807) is 24.3 Å². The highest BCUT2D eigenvalue weighted by Crippen LogP contribution is 2.33.